The Kier molecular flexibility index (Phi) is 4.63. The first-order valence-corrected chi connectivity index (χ1v) is 10.8. The molecule has 1 unspecified atom stereocenters. The number of nitrogens with one attached hydrogen (secondary N) is 1. The number of aryl methyl sites for hydroxylation is 1. The minimum atomic E-state index is -0.630. The first-order valence-electron chi connectivity index (χ1n) is 10.8. The molecule has 0 saturated carbocycles. The van der Waals surface area contributed by atoms with E-state index in [-0.39, 0.29) is 29.4 Å². The van der Waals surface area contributed by atoms with Crippen LogP contribution in [0.25, 0.3) is 0 Å². The van der Waals surface area contributed by atoms with Crippen molar-refractivity contribution in [3.8, 4) is 0 Å². The van der Waals surface area contributed by atoms with Crippen LogP contribution in [0.5, 0.6) is 0 Å². The van der Waals surface area contributed by atoms with Crippen LogP contribution in [0.1, 0.15) is 46.0 Å². The minimum Gasteiger partial charge on any atom is -0.322 e. The van der Waals surface area contributed by atoms with Crippen molar-refractivity contribution in [1.82, 2.24) is 0 Å². The summed E-state index contributed by atoms with van der Waals surface area (Å²) in [5.41, 5.74) is 2.66. The Morgan fingerprint density at radius 2 is 1.52 bits per heavy atom. The summed E-state index contributed by atoms with van der Waals surface area (Å²) < 4.78 is 0. The van der Waals surface area contributed by atoms with Crippen LogP contribution < -0.4 is 9.80 Å². The lowest BCUT2D eigenvalue weighted by atomic mass is 9.85. The molecule has 0 aromatic heterocycles. The molecular weight excluding hydrogens is 392 g/mol. The Bertz CT molecular complexity index is 1090. The smallest absolute Gasteiger partial charge is 0.244 e. The monoisotopic (exact) mass is 417 g/mol. The number of anilines is 1. The second-order valence-corrected chi connectivity index (χ2v) is 8.95. The summed E-state index contributed by atoms with van der Waals surface area (Å²) in [6.07, 6.45) is 1.81. The summed E-state index contributed by atoms with van der Waals surface area (Å²) in [6, 6.07) is 13.5. The van der Waals surface area contributed by atoms with Gasteiger partial charge in [-0.25, -0.2) is 4.90 Å². The summed E-state index contributed by atoms with van der Waals surface area (Å²) in [4.78, 5) is 54.4. The molecule has 5 rings (SSSR count). The second kappa shape index (κ2) is 7.24. The van der Waals surface area contributed by atoms with Gasteiger partial charge in [0.1, 0.15) is 17.9 Å². The summed E-state index contributed by atoms with van der Waals surface area (Å²) in [5, 5.41) is 0. The van der Waals surface area contributed by atoms with Crippen LogP contribution in [0.15, 0.2) is 48.5 Å². The van der Waals surface area contributed by atoms with Gasteiger partial charge in [0.2, 0.25) is 17.6 Å². The largest absolute Gasteiger partial charge is 0.322 e. The van der Waals surface area contributed by atoms with Crippen LogP contribution in [-0.2, 0) is 9.59 Å². The zero-order valence-electron chi connectivity index (χ0n) is 17.6. The number of imide groups is 1. The highest BCUT2D eigenvalue weighted by molar-refractivity contribution is 6.24. The molecule has 6 nitrogen and oxygen atoms in total. The predicted octanol–water partition coefficient (Wildman–Crippen LogP) is 1.62. The van der Waals surface area contributed by atoms with Crippen molar-refractivity contribution in [2.24, 2.45) is 11.8 Å². The average Bonchev–Trinajstić information content (AvgIpc) is 3.40. The van der Waals surface area contributed by atoms with E-state index in [4.69, 9.17) is 0 Å². The highest BCUT2D eigenvalue weighted by Gasteiger charge is 2.68. The van der Waals surface area contributed by atoms with Gasteiger partial charge < -0.3 is 4.90 Å². The van der Waals surface area contributed by atoms with E-state index in [0.29, 0.717) is 16.8 Å². The Hall–Kier alpha value is -3.12. The molecule has 0 aliphatic carbocycles. The molecule has 2 aromatic rings. The molecule has 3 fully saturated rings. The number of hydrogen-bond donors (Lipinski definition) is 1. The van der Waals surface area contributed by atoms with Gasteiger partial charge in [0, 0.05) is 24.0 Å². The average molecular weight is 417 g/mol. The third-order valence-corrected chi connectivity index (χ3v) is 7.20. The van der Waals surface area contributed by atoms with E-state index in [1.54, 1.807) is 24.3 Å². The van der Waals surface area contributed by atoms with Crippen molar-refractivity contribution in [3.63, 3.8) is 0 Å². The molecule has 1 N–H and O–H groups in total. The van der Waals surface area contributed by atoms with Gasteiger partial charge >= 0.3 is 0 Å². The van der Waals surface area contributed by atoms with Crippen LogP contribution in [-0.4, -0.2) is 42.0 Å². The molecule has 2 aromatic carbocycles. The number of benzene rings is 2. The van der Waals surface area contributed by atoms with Crippen molar-refractivity contribution in [2.75, 3.05) is 11.4 Å². The zero-order valence-corrected chi connectivity index (χ0v) is 17.6. The van der Waals surface area contributed by atoms with Crippen molar-refractivity contribution in [3.05, 3.63) is 65.2 Å². The fourth-order valence-corrected chi connectivity index (χ4v) is 5.74. The SMILES string of the molecule is CC(=O)c1ccc(N2C(=O)[C@@H]3[C@H](C2=O)[C@H]2CCC[NH+]2[C@@H]3C(=O)c2ccc(C)cc2)cc1. The molecule has 0 bridgehead atoms. The van der Waals surface area contributed by atoms with Crippen LogP contribution in [0.2, 0.25) is 0 Å². The molecular formula is C25H25N2O4+. The van der Waals surface area contributed by atoms with Gasteiger partial charge in [-0.05, 0) is 38.1 Å². The Balaban J connectivity index is 1.52. The Morgan fingerprint density at radius 1 is 0.903 bits per heavy atom. The number of hydrogen-bond acceptors (Lipinski definition) is 4. The van der Waals surface area contributed by atoms with Crippen molar-refractivity contribution in [2.45, 2.75) is 38.8 Å². The number of ketones is 2. The number of quaternary nitrogens is 1. The van der Waals surface area contributed by atoms with Crippen LogP contribution >= 0.6 is 0 Å². The van der Waals surface area contributed by atoms with Crippen molar-refractivity contribution >= 4 is 29.1 Å². The molecule has 0 spiro atoms. The number of fused-ring (bicyclic) bond motifs is 3. The fourth-order valence-electron chi connectivity index (χ4n) is 5.74. The summed E-state index contributed by atoms with van der Waals surface area (Å²) >= 11 is 0. The molecule has 31 heavy (non-hydrogen) atoms. The highest BCUT2D eigenvalue weighted by atomic mass is 16.2. The molecule has 3 aliphatic heterocycles. The van der Waals surface area contributed by atoms with E-state index in [1.807, 2.05) is 31.2 Å². The van der Waals surface area contributed by atoms with Crippen molar-refractivity contribution < 1.29 is 24.1 Å². The van der Waals surface area contributed by atoms with Gasteiger partial charge in [-0.1, -0.05) is 29.8 Å². The van der Waals surface area contributed by atoms with Gasteiger partial charge in [0.25, 0.3) is 0 Å². The maximum atomic E-state index is 13.5. The number of rotatable bonds is 4. The van der Waals surface area contributed by atoms with Crippen LogP contribution in [0, 0.1) is 18.8 Å². The predicted molar refractivity (Wildman–Crippen MR) is 114 cm³/mol. The molecule has 2 amide bonds. The summed E-state index contributed by atoms with van der Waals surface area (Å²) in [5.74, 6) is -1.72. The molecule has 3 heterocycles. The van der Waals surface area contributed by atoms with Crippen molar-refractivity contribution in [1.29, 1.82) is 0 Å². The minimum absolute atomic E-state index is 0.00217. The standard InChI is InChI=1S/C25H24N2O4/c1-14-5-7-17(8-6-14)23(29)22-21-20(19-4-3-13-26(19)22)24(30)27(25(21)31)18-11-9-16(10-12-18)15(2)28/h5-12,19-22H,3-4,13H2,1-2H3/p+1/t19-,20-,21-,22+/m1/s1. The van der Waals surface area contributed by atoms with Gasteiger partial charge in [-0.15, -0.1) is 0 Å². The molecule has 3 saturated heterocycles. The molecule has 5 atom stereocenters. The lowest BCUT2D eigenvalue weighted by Gasteiger charge is -2.25. The number of Topliss-reactive ketones (excluding diaryl/α,β-unsaturated/α-hetero) is 2. The van der Waals surface area contributed by atoms with Gasteiger partial charge in [0.15, 0.2) is 11.8 Å². The number of carbonyl (C=O) groups excluding carboxylic acids is 4. The van der Waals surface area contributed by atoms with Gasteiger partial charge in [-0.3, -0.25) is 19.2 Å². The van der Waals surface area contributed by atoms with E-state index >= 15 is 0 Å². The lowest BCUT2D eigenvalue weighted by Crippen LogP contribution is -3.16. The maximum Gasteiger partial charge on any atom is 0.244 e. The second-order valence-electron chi connectivity index (χ2n) is 8.95. The third kappa shape index (κ3) is 2.97. The fraction of sp³-hybridized carbons (Fsp3) is 0.360. The number of carbonyl (C=O) groups is 4. The highest BCUT2D eigenvalue weighted by Crippen LogP contribution is 2.40. The first-order chi connectivity index (χ1) is 14.9. The normalized spacial score (nSPS) is 29.2. The van der Waals surface area contributed by atoms with Gasteiger partial charge in [-0.2, -0.15) is 0 Å². The topological polar surface area (TPSA) is 76.0 Å². The quantitative estimate of drug-likeness (QED) is 0.606. The van der Waals surface area contributed by atoms with Crippen LogP contribution in [0.3, 0.4) is 0 Å². The van der Waals surface area contributed by atoms with E-state index in [1.165, 1.54) is 11.8 Å². The molecule has 158 valence electrons. The van der Waals surface area contributed by atoms with E-state index in [9.17, 15) is 19.2 Å². The summed E-state index contributed by atoms with van der Waals surface area (Å²) in [7, 11) is 0. The van der Waals surface area contributed by atoms with Gasteiger partial charge in [0.05, 0.1) is 12.2 Å². The summed E-state index contributed by atoms with van der Waals surface area (Å²) in [6.45, 7) is 4.26. The van der Waals surface area contributed by atoms with E-state index in [0.717, 1.165) is 29.8 Å². The first kappa shape index (κ1) is 19.8. The lowest BCUT2D eigenvalue weighted by molar-refractivity contribution is -0.915. The maximum absolute atomic E-state index is 13.5. The number of amides is 2. The Labute approximate surface area is 180 Å². The number of nitrogens with zero attached hydrogens (tertiary/aromatic N) is 1. The van der Waals surface area contributed by atoms with Crippen LogP contribution in [0.4, 0.5) is 5.69 Å². The third-order valence-electron chi connectivity index (χ3n) is 7.20. The van der Waals surface area contributed by atoms with E-state index < -0.39 is 17.9 Å². The Morgan fingerprint density at radius 3 is 2.16 bits per heavy atom. The molecule has 3 aliphatic rings. The van der Waals surface area contributed by atoms with E-state index in [2.05, 4.69) is 0 Å². The zero-order chi connectivity index (χ0) is 21.9. The molecule has 0 radical (unpaired) electrons. The molecule has 6 heteroatoms.